The van der Waals surface area contributed by atoms with E-state index in [0.29, 0.717) is 6.42 Å². The number of esters is 1. The lowest BCUT2D eigenvalue weighted by Crippen LogP contribution is -2.31. The monoisotopic (exact) mass is 230 g/mol. The molecule has 1 aromatic heterocycles. The Morgan fingerprint density at radius 1 is 1.73 bits per heavy atom. The highest BCUT2D eigenvalue weighted by Gasteiger charge is 2.33. The topological polar surface area (TPSA) is 62.6 Å². The fraction of sp³-hybridized carbons (Fsp3) is 0.500. The van der Waals surface area contributed by atoms with E-state index in [2.05, 4.69) is 9.72 Å². The molecule has 15 heavy (non-hydrogen) atoms. The van der Waals surface area contributed by atoms with Gasteiger partial charge in [-0.05, 0) is 0 Å². The van der Waals surface area contributed by atoms with Crippen LogP contribution in [0.25, 0.3) is 0 Å². The smallest absolute Gasteiger partial charge is 0.335 e. The van der Waals surface area contributed by atoms with Crippen molar-refractivity contribution in [1.29, 1.82) is 0 Å². The predicted octanol–water partition coefficient (Wildman–Crippen LogP) is 0.719. The highest BCUT2D eigenvalue weighted by atomic mass is 31.2. The predicted molar refractivity (Wildman–Crippen MR) is 52.1 cm³/mol. The van der Waals surface area contributed by atoms with Crippen molar-refractivity contribution in [3.63, 3.8) is 0 Å². The lowest BCUT2D eigenvalue weighted by atomic mass is 10.2. The van der Waals surface area contributed by atoms with Crippen molar-refractivity contribution >= 4 is 14.5 Å². The van der Waals surface area contributed by atoms with E-state index in [0.717, 1.165) is 5.69 Å². The first kappa shape index (κ1) is 10.5. The van der Waals surface area contributed by atoms with Crippen molar-refractivity contribution in [2.75, 3.05) is 14.2 Å². The van der Waals surface area contributed by atoms with E-state index in [1.165, 1.54) is 14.2 Å². The molecule has 0 saturated heterocycles. The third-order valence-corrected chi connectivity index (χ3v) is 3.56. The van der Waals surface area contributed by atoms with Gasteiger partial charge in [-0.3, -0.25) is 4.34 Å². The molecule has 2 heterocycles. The molecule has 1 aromatic rings. The molecule has 1 unspecified atom stereocenters. The molecule has 7 heteroatoms. The second kappa shape index (κ2) is 4.26. The number of imidazole rings is 1. The molecule has 0 N–H and O–H groups in total. The maximum absolute atomic E-state index is 11.3. The molecule has 82 valence electrons. The highest BCUT2D eigenvalue weighted by molar-refractivity contribution is 7.45. The molecule has 0 saturated carbocycles. The summed E-state index contributed by atoms with van der Waals surface area (Å²) in [6.07, 6.45) is 3.21. The molecule has 0 radical (unpaired) electrons. The minimum absolute atomic E-state index is 0.382. The van der Waals surface area contributed by atoms with Crippen molar-refractivity contribution in [2.24, 2.45) is 0 Å². The van der Waals surface area contributed by atoms with Crippen LogP contribution in [0.15, 0.2) is 12.5 Å². The molecule has 0 bridgehead atoms. The van der Waals surface area contributed by atoms with Gasteiger partial charge in [-0.15, -0.1) is 0 Å². The van der Waals surface area contributed by atoms with Gasteiger partial charge in [0.05, 0.1) is 7.11 Å². The number of hydrogen-bond acceptors (Lipinski definition) is 5. The van der Waals surface area contributed by atoms with Crippen LogP contribution in [-0.2, 0) is 25.0 Å². The Morgan fingerprint density at radius 3 is 3.20 bits per heavy atom. The van der Waals surface area contributed by atoms with Crippen LogP contribution in [0.3, 0.4) is 0 Å². The number of carbonyl (C=O) groups excluding carboxylic acids is 1. The zero-order valence-electron chi connectivity index (χ0n) is 8.41. The van der Waals surface area contributed by atoms with E-state index in [9.17, 15) is 4.79 Å². The summed E-state index contributed by atoms with van der Waals surface area (Å²) in [4.78, 5) is 15.3. The van der Waals surface area contributed by atoms with Gasteiger partial charge < -0.3 is 13.8 Å². The number of carbonyl (C=O) groups is 1. The van der Waals surface area contributed by atoms with Crippen molar-refractivity contribution in [3.8, 4) is 0 Å². The standard InChI is InChI=1S/C8H11N2O4P/c1-12-8(11)7-3-6-4-9-5-10(6)15(13-2)14-7/h4-5,7H,3H2,1-2H3/t7-,15?/m0/s1. The molecule has 2 rings (SSSR count). The summed E-state index contributed by atoms with van der Waals surface area (Å²) in [7, 11) is 1.60. The van der Waals surface area contributed by atoms with Crippen molar-refractivity contribution in [2.45, 2.75) is 12.5 Å². The Kier molecular flexibility index (Phi) is 3.00. The Labute approximate surface area is 88.1 Å². The van der Waals surface area contributed by atoms with Gasteiger partial charge in [0.15, 0.2) is 6.10 Å². The van der Waals surface area contributed by atoms with Crippen LogP contribution in [0.1, 0.15) is 5.69 Å². The highest BCUT2D eigenvalue weighted by Crippen LogP contribution is 2.45. The number of hydrogen-bond donors (Lipinski definition) is 0. The van der Waals surface area contributed by atoms with Crippen LogP contribution in [0.4, 0.5) is 0 Å². The molecule has 6 nitrogen and oxygen atoms in total. The molecule has 0 fully saturated rings. The van der Waals surface area contributed by atoms with Crippen LogP contribution >= 0.6 is 8.53 Å². The normalized spacial score (nSPS) is 24.7. The fourth-order valence-electron chi connectivity index (χ4n) is 1.38. The van der Waals surface area contributed by atoms with E-state index < -0.39 is 14.6 Å². The Balaban J connectivity index is 2.22. The molecular formula is C8H11N2O4P. The third kappa shape index (κ3) is 1.88. The zero-order chi connectivity index (χ0) is 10.8. The van der Waals surface area contributed by atoms with Crippen LogP contribution in [0.5, 0.6) is 0 Å². The van der Waals surface area contributed by atoms with Crippen LogP contribution in [-0.4, -0.2) is 35.6 Å². The quantitative estimate of drug-likeness (QED) is 0.553. The first-order valence-corrected chi connectivity index (χ1v) is 5.49. The number of aromatic nitrogens is 2. The average molecular weight is 230 g/mol. The number of nitrogens with zero attached hydrogens (tertiary/aromatic N) is 2. The van der Waals surface area contributed by atoms with Crippen molar-refractivity contribution in [3.05, 3.63) is 18.2 Å². The second-order valence-corrected chi connectivity index (χ2v) is 4.45. The van der Waals surface area contributed by atoms with Crippen molar-refractivity contribution < 1.29 is 18.6 Å². The van der Waals surface area contributed by atoms with Gasteiger partial charge in [0.2, 0.25) is 0 Å². The summed E-state index contributed by atoms with van der Waals surface area (Å²) in [6, 6.07) is 0. The first-order valence-electron chi connectivity index (χ1n) is 4.36. The molecule has 1 aliphatic rings. The minimum Gasteiger partial charge on any atom is -0.467 e. The van der Waals surface area contributed by atoms with Crippen LogP contribution in [0, 0.1) is 0 Å². The zero-order valence-corrected chi connectivity index (χ0v) is 9.31. The van der Waals surface area contributed by atoms with Gasteiger partial charge >= 0.3 is 5.97 Å². The van der Waals surface area contributed by atoms with E-state index in [-0.39, 0.29) is 5.97 Å². The van der Waals surface area contributed by atoms with Gasteiger partial charge in [0, 0.05) is 25.4 Å². The average Bonchev–Trinajstić information content (AvgIpc) is 2.74. The maximum atomic E-state index is 11.3. The summed E-state index contributed by atoms with van der Waals surface area (Å²) in [5, 5.41) is 0. The van der Waals surface area contributed by atoms with Gasteiger partial charge in [0.1, 0.15) is 6.33 Å². The first-order chi connectivity index (χ1) is 7.26. The number of ether oxygens (including phenoxy) is 1. The number of methoxy groups -OCH3 is 1. The van der Waals surface area contributed by atoms with Crippen LogP contribution < -0.4 is 0 Å². The van der Waals surface area contributed by atoms with E-state index >= 15 is 0 Å². The Hall–Kier alpha value is -0.970. The van der Waals surface area contributed by atoms with E-state index in [4.69, 9.17) is 9.05 Å². The SMILES string of the molecule is COC(=O)[C@@H]1Cc2cncn2P(OC)O1. The maximum Gasteiger partial charge on any atom is 0.335 e. The van der Waals surface area contributed by atoms with E-state index in [1.807, 2.05) is 0 Å². The summed E-state index contributed by atoms with van der Waals surface area (Å²) >= 11 is 0. The summed E-state index contributed by atoms with van der Waals surface area (Å²) in [5.74, 6) is -0.382. The number of rotatable bonds is 2. The van der Waals surface area contributed by atoms with Gasteiger partial charge in [-0.1, -0.05) is 0 Å². The fourth-order valence-corrected chi connectivity index (χ4v) is 2.61. The largest absolute Gasteiger partial charge is 0.467 e. The van der Waals surface area contributed by atoms with Gasteiger partial charge in [-0.2, -0.15) is 0 Å². The molecule has 2 atom stereocenters. The summed E-state index contributed by atoms with van der Waals surface area (Å²) < 4.78 is 17.1. The molecule has 0 aliphatic carbocycles. The molecule has 0 amide bonds. The lowest BCUT2D eigenvalue weighted by molar-refractivity contribution is -0.149. The summed E-state index contributed by atoms with van der Waals surface area (Å²) in [6.45, 7) is 0. The van der Waals surface area contributed by atoms with Gasteiger partial charge in [-0.25, -0.2) is 9.78 Å². The second-order valence-electron chi connectivity index (χ2n) is 2.97. The molecule has 0 spiro atoms. The molecule has 1 aliphatic heterocycles. The Bertz CT molecular complexity index is 367. The van der Waals surface area contributed by atoms with E-state index in [1.54, 1.807) is 16.9 Å². The summed E-state index contributed by atoms with van der Waals surface area (Å²) in [5.41, 5.74) is 0.921. The third-order valence-electron chi connectivity index (χ3n) is 2.10. The van der Waals surface area contributed by atoms with Crippen LogP contribution in [0.2, 0.25) is 0 Å². The van der Waals surface area contributed by atoms with Crippen molar-refractivity contribution in [1.82, 2.24) is 9.32 Å². The molecule has 0 aromatic carbocycles. The Morgan fingerprint density at radius 2 is 2.53 bits per heavy atom. The lowest BCUT2D eigenvalue weighted by Gasteiger charge is -2.27. The number of fused-ring (bicyclic) bond motifs is 1. The minimum atomic E-state index is -1.27. The van der Waals surface area contributed by atoms with Gasteiger partial charge in [0.25, 0.3) is 8.53 Å². The molecular weight excluding hydrogens is 219 g/mol.